The highest BCUT2D eigenvalue weighted by atomic mass is 35.5. The number of nitriles is 1. The highest BCUT2D eigenvalue weighted by molar-refractivity contribution is 6.31. The Morgan fingerprint density at radius 1 is 1.17 bits per heavy atom. The number of aromatic nitrogens is 2. The fraction of sp³-hybridized carbons (Fsp3) is 0.158. The molecule has 1 aromatic heterocycles. The van der Waals surface area contributed by atoms with E-state index in [9.17, 15) is 0 Å². The lowest BCUT2D eigenvalue weighted by Gasteiger charge is -2.06. The first-order valence-corrected chi connectivity index (χ1v) is 8.22. The maximum Gasteiger partial charge on any atom is 0.133 e. The molecule has 2 aromatic carbocycles. The fourth-order valence-corrected chi connectivity index (χ4v) is 3.28. The van der Waals surface area contributed by atoms with Crippen LogP contribution >= 0.6 is 11.6 Å². The van der Waals surface area contributed by atoms with E-state index in [1.165, 1.54) is 5.56 Å². The van der Waals surface area contributed by atoms with E-state index in [1.807, 2.05) is 53.2 Å². The molecule has 0 unspecified atom stereocenters. The number of fused-ring (bicyclic) bond motifs is 1. The molecular formula is C19H15ClN4. The van der Waals surface area contributed by atoms with Crippen LogP contribution in [0.1, 0.15) is 22.4 Å². The van der Waals surface area contributed by atoms with Crippen LogP contribution in [-0.4, -0.2) is 16.3 Å². The Hall–Kier alpha value is -2.77. The summed E-state index contributed by atoms with van der Waals surface area (Å²) in [5.41, 5.74) is 4.97. The molecule has 0 aliphatic carbocycles. The third-order valence-corrected chi connectivity index (χ3v) is 4.66. The van der Waals surface area contributed by atoms with Gasteiger partial charge in [0.1, 0.15) is 5.82 Å². The number of nitrogens with one attached hydrogen (secondary N) is 1. The van der Waals surface area contributed by atoms with Crippen molar-refractivity contribution in [2.45, 2.75) is 12.8 Å². The number of benzene rings is 2. The van der Waals surface area contributed by atoms with Crippen molar-refractivity contribution in [1.82, 2.24) is 9.78 Å². The molecule has 0 fully saturated rings. The van der Waals surface area contributed by atoms with Crippen LogP contribution in [0.3, 0.4) is 0 Å². The number of halogens is 1. The number of hydrogen-bond donors (Lipinski definition) is 1. The van der Waals surface area contributed by atoms with E-state index in [-0.39, 0.29) is 0 Å². The smallest absolute Gasteiger partial charge is 0.133 e. The van der Waals surface area contributed by atoms with E-state index in [4.69, 9.17) is 22.0 Å². The topological polar surface area (TPSA) is 53.6 Å². The summed E-state index contributed by atoms with van der Waals surface area (Å²) >= 11 is 6.30. The normalized spacial score (nSPS) is 12.5. The number of nitrogens with zero attached hydrogens (tertiary/aromatic N) is 3. The summed E-state index contributed by atoms with van der Waals surface area (Å²) in [6.07, 6.45) is 1.68. The van der Waals surface area contributed by atoms with E-state index in [2.05, 4.69) is 11.4 Å². The summed E-state index contributed by atoms with van der Waals surface area (Å²) in [5, 5.41) is 17.9. The first-order valence-electron chi connectivity index (χ1n) is 7.85. The Balaban J connectivity index is 1.75. The lowest BCUT2D eigenvalue weighted by molar-refractivity contribution is 0.840. The second-order valence-corrected chi connectivity index (χ2v) is 6.20. The van der Waals surface area contributed by atoms with E-state index in [0.29, 0.717) is 12.0 Å². The molecule has 0 bridgehead atoms. The predicted molar refractivity (Wildman–Crippen MR) is 94.7 cm³/mol. The molecule has 1 aliphatic rings. The van der Waals surface area contributed by atoms with Gasteiger partial charge < -0.3 is 5.32 Å². The van der Waals surface area contributed by atoms with Crippen LogP contribution in [0.4, 0.5) is 5.82 Å². The Morgan fingerprint density at radius 2 is 1.96 bits per heavy atom. The van der Waals surface area contributed by atoms with Crippen LogP contribution in [0, 0.1) is 11.3 Å². The standard InChI is InChI=1S/C19H15ClN4/c20-17-4-2-1-3-14(17)11-18-16-9-10-22-19(16)24(23-18)15-7-5-13(12-21)6-8-15/h1-8,22H,9-11H2. The van der Waals surface area contributed by atoms with Crippen LogP contribution in [-0.2, 0) is 12.8 Å². The van der Waals surface area contributed by atoms with Gasteiger partial charge >= 0.3 is 0 Å². The van der Waals surface area contributed by atoms with Gasteiger partial charge in [-0.15, -0.1) is 0 Å². The molecule has 4 nitrogen and oxygen atoms in total. The fourth-order valence-electron chi connectivity index (χ4n) is 3.07. The largest absolute Gasteiger partial charge is 0.369 e. The molecule has 5 heteroatoms. The van der Waals surface area contributed by atoms with E-state index < -0.39 is 0 Å². The van der Waals surface area contributed by atoms with Crippen LogP contribution in [0.5, 0.6) is 0 Å². The third-order valence-electron chi connectivity index (χ3n) is 4.29. The van der Waals surface area contributed by atoms with Gasteiger partial charge in [0, 0.05) is 23.6 Å². The number of anilines is 1. The highest BCUT2D eigenvalue weighted by Crippen LogP contribution is 2.31. The molecule has 4 rings (SSSR count). The average molecular weight is 335 g/mol. The van der Waals surface area contributed by atoms with Gasteiger partial charge in [-0.1, -0.05) is 29.8 Å². The van der Waals surface area contributed by atoms with Crippen molar-refractivity contribution in [3.8, 4) is 11.8 Å². The van der Waals surface area contributed by atoms with Crippen LogP contribution in [0.2, 0.25) is 5.02 Å². The summed E-state index contributed by atoms with van der Waals surface area (Å²) in [6, 6.07) is 17.5. The van der Waals surface area contributed by atoms with E-state index in [0.717, 1.165) is 40.8 Å². The van der Waals surface area contributed by atoms with Gasteiger partial charge in [0.05, 0.1) is 23.0 Å². The van der Waals surface area contributed by atoms with Crippen molar-refractivity contribution >= 4 is 17.4 Å². The summed E-state index contributed by atoms with van der Waals surface area (Å²) in [5.74, 6) is 1.04. The molecule has 0 saturated heterocycles. The zero-order chi connectivity index (χ0) is 16.5. The molecule has 118 valence electrons. The summed E-state index contributed by atoms with van der Waals surface area (Å²) in [4.78, 5) is 0. The Morgan fingerprint density at radius 3 is 2.71 bits per heavy atom. The molecule has 2 heterocycles. The molecule has 0 spiro atoms. The zero-order valence-corrected chi connectivity index (χ0v) is 13.7. The highest BCUT2D eigenvalue weighted by Gasteiger charge is 2.23. The predicted octanol–water partition coefficient (Wildman–Crippen LogP) is 3.96. The van der Waals surface area contributed by atoms with Gasteiger partial charge in [-0.3, -0.25) is 0 Å². The van der Waals surface area contributed by atoms with Crippen LogP contribution in [0.25, 0.3) is 5.69 Å². The van der Waals surface area contributed by atoms with Crippen LogP contribution < -0.4 is 5.32 Å². The van der Waals surface area contributed by atoms with Gasteiger partial charge in [0.25, 0.3) is 0 Å². The van der Waals surface area contributed by atoms with Gasteiger partial charge in [0.15, 0.2) is 0 Å². The molecule has 0 radical (unpaired) electrons. The third kappa shape index (κ3) is 2.53. The minimum atomic E-state index is 0.645. The monoisotopic (exact) mass is 334 g/mol. The first kappa shape index (κ1) is 14.8. The van der Waals surface area contributed by atoms with Crippen molar-refractivity contribution in [1.29, 1.82) is 5.26 Å². The van der Waals surface area contributed by atoms with Crippen molar-refractivity contribution in [2.24, 2.45) is 0 Å². The van der Waals surface area contributed by atoms with Gasteiger partial charge in [-0.25, -0.2) is 4.68 Å². The van der Waals surface area contributed by atoms with Gasteiger partial charge in [0.2, 0.25) is 0 Å². The second-order valence-electron chi connectivity index (χ2n) is 5.79. The molecule has 0 saturated carbocycles. The first-order chi connectivity index (χ1) is 11.8. The van der Waals surface area contributed by atoms with E-state index in [1.54, 1.807) is 0 Å². The maximum atomic E-state index is 8.95. The summed E-state index contributed by atoms with van der Waals surface area (Å²) in [7, 11) is 0. The van der Waals surface area contributed by atoms with Crippen LogP contribution in [0.15, 0.2) is 48.5 Å². The minimum Gasteiger partial charge on any atom is -0.369 e. The number of hydrogen-bond acceptors (Lipinski definition) is 3. The Bertz CT molecular complexity index is 935. The Kier molecular flexibility index (Phi) is 3.72. The molecule has 0 amide bonds. The molecule has 1 N–H and O–H groups in total. The molecule has 3 aromatic rings. The molecule has 24 heavy (non-hydrogen) atoms. The minimum absolute atomic E-state index is 0.645. The SMILES string of the molecule is N#Cc1ccc(-n2nc(Cc3ccccc3Cl)c3c2NCC3)cc1. The Labute approximate surface area is 145 Å². The van der Waals surface area contributed by atoms with Crippen molar-refractivity contribution in [3.05, 3.63) is 75.9 Å². The lowest BCUT2D eigenvalue weighted by Crippen LogP contribution is -2.05. The number of rotatable bonds is 3. The van der Waals surface area contributed by atoms with Crippen molar-refractivity contribution in [2.75, 3.05) is 11.9 Å². The molecular weight excluding hydrogens is 320 g/mol. The molecule has 0 atom stereocenters. The van der Waals surface area contributed by atoms with Crippen molar-refractivity contribution in [3.63, 3.8) is 0 Å². The van der Waals surface area contributed by atoms with Gasteiger partial charge in [-0.05, 0) is 42.3 Å². The zero-order valence-electron chi connectivity index (χ0n) is 13.0. The van der Waals surface area contributed by atoms with E-state index >= 15 is 0 Å². The second kappa shape index (κ2) is 6.03. The average Bonchev–Trinajstić information content (AvgIpc) is 3.21. The summed E-state index contributed by atoms with van der Waals surface area (Å²) < 4.78 is 1.93. The summed E-state index contributed by atoms with van der Waals surface area (Å²) in [6.45, 7) is 0.916. The lowest BCUT2D eigenvalue weighted by atomic mass is 10.1. The maximum absolute atomic E-state index is 8.95. The van der Waals surface area contributed by atoms with Crippen molar-refractivity contribution < 1.29 is 0 Å². The quantitative estimate of drug-likeness (QED) is 0.789. The molecule has 1 aliphatic heterocycles. The van der Waals surface area contributed by atoms with Gasteiger partial charge in [-0.2, -0.15) is 10.4 Å².